The molecular weight excluding hydrogens is 286 g/mol. The Kier molecular flexibility index (Phi) is 4.36. The van der Waals surface area contributed by atoms with Crippen LogP contribution in [0.15, 0.2) is 30.3 Å². The molecule has 124 valence electrons. The Morgan fingerprint density at radius 2 is 1.70 bits per heavy atom. The lowest BCUT2D eigenvalue weighted by Crippen LogP contribution is -2.52. The molecule has 4 heteroatoms. The van der Waals surface area contributed by atoms with Gasteiger partial charge in [-0.2, -0.15) is 0 Å². The van der Waals surface area contributed by atoms with Gasteiger partial charge in [0, 0.05) is 57.8 Å². The van der Waals surface area contributed by atoms with Gasteiger partial charge in [-0.15, -0.1) is 0 Å². The smallest absolute Gasteiger partial charge is 0.225 e. The van der Waals surface area contributed by atoms with E-state index in [4.69, 9.17) is 0 Å². The van der Waals surface area contributed by atoms with Crippen LogP contribution >= 0.6 is 0 Å². The molecular formula is C19H27N3O. The van der Waals surface area contributed by atoms with Crippen LogP contribution in [0.1, 0.15) is 24.8 Å². The Labute approximate surface area is 139 Å². The van der Waals surface area contributed by atoms with Gasteiger partial charge < -0.3 is 4.90 Å². The number of amides is 1. The molecule has 1 aromatic rings. The van der Waals surface area contributed by atoms with Gasteiger partial charge in [-0.25, -0.2) is 0 Å². The van der Waals surface area contributed by atoms with Gasteiger partial charge in [-0.1, -0.05) is 30.3 Å². The fourth-order valence-electron chi connectivity index (χ4n) is 3.99. The molecule has 0 aromatic heterocycles. The van der Waals surface area contributed by atoms with E-state index in [-0.39, 0.29) is 0 Å². The first kappa shape index (κ1) is 15.2. The first-order valence-corrected chi connectivity index (χ1v) is 9.09. The third kappa shape index (κ3) is 3.59. The van der Waals surface area contributed by atoms with Crippen LogP contribution in [0, 0.1) is 5.92 Å². The molecule has 0 bridgehead atoms. The maximum atomic E-state index is 12.1. The molecule has 23 heavy (non-hydrogen) atoms. The molecule has 1 aliphatic carbocycles. The van der Waals surface area contributed by atoms with Crippen molar-refractivity contribution in [2.75, 3.05) is 39.3 Å². The van der Waals surface area contributed by atoms with Gasteiger partial charge in [-0.05, 0) is 24.8 Å². The summed E-state index contributed by atoms with van der Waals surface area (Å²) in [4.78, 5) is 19.4. The van der Waals surface area contributed by atoms with Gasteiger partial charge in [0.2, 0.25) is 5.91 Å². The summed E-state index contributed by atoms with van der Waals surface area (Å²) in [6.45, 7) is 7.42. The summed E-state index contributed by atoms with van der Waals surface area (Å²) in [5.74, 6) is 0.788. The van der Waals surface area contributed by atoms with Gasteiger partial charge in [-0.3, -0.25) is 14.6 Å². The van der Waals surface area contributed by atoms with E-state index in [0.717, 1.165) is 45.6 Å². The summed E-state index contributed by atoms with van der Waals surface area (Å²) >= 11 is 0. The lowest BCUT2D eigenvalue weighted by Gasteiger charge is -2.38. The normalized spacial score (nSPS) is 26.6. The number of hydrogen-bond donors (Lipinski definition) is 0. The SMILES string of the molecule is O=C(C1CC1)N1CCN([C@H]2CCN(Cc3ccccc3)C2)CC1. The van der Waals surface area contributed by atoms with E-state index in [1.165, 1.54) is 25.1 Å². The fraction of sp³-hybridized carbons (Fsp3) is 0.632. The molecule has 1 aromatic carbocycles. The standard InChI is InChI=1S/C19H27N3O/c23-19(17-6-7-17)22-12-10-21(11-13-22)18-8-9-20(15-18)14-16-4-2-1-3-5-16/h1-5,17-18H,6-15H2/t18-/m0/s1. The second kappa shape index (κ2) is 6.62. The molecule has 0 radical (unpaired) electrons. The Morgan fingerprint density at radius 1 is 0.957 bits per heavy atom. The first-order valence-electron chi connectivity index (χ1n) is 9.09. The minimum absolute atomic E-state index is 0.370. The van der Waals surface area contributed by atoms with Gasteiger partial charge in [0.05, 0.1) is 0 Å². The predicted molar refractivity (Wildman–Crippen MR) is 91.0 cm³/mol. The van der Waals surface area contributed by atoms with Crippen molar-refractivity contribution in [2.45, 2.75) is 31.8 Å². The zero-order valence-corrected chi connectivity index (χ0v) is 13.9. The van der Waals surface area contributed by atoms with Crippen molar-refractivity contribution in [3.05, 3.63) is 35.9 Å². The van der Waals surface area contributed by atoms with Crippen LogP contribution in [0.5, 0.6) is 0 Å². The number of piperazine rings is 1. The van der Waals surface area contributed by atoms with Crippen LogP contribution in [0.25, 0.3) is 0 Å². The van der Waals surface area contributed by atoms with Crippen LogP contribution in [0.4, 0.5) is 0 Å². The number of hydrogen-bond acceptors (Lipinski definition) is 3. The second-order valence-electron chi connectivity index (χ2n) is 7.30. The number of rotatable bonds is 4. The molecule has 2 aliphatic heterocycles. The van der Waals surface area contributed by atoms with E-state index in [1.807, 2.05) is 0 Å². The Balaban J connectivity index is 1.25. The van der Waals surface area contributed by atoms with Gasteiger partial charge >= 0.3 is 0 Å². The summed E-state index contributed by atoms with van der Waals surface area (Å²) in [5.41, 5.74) is 1.41. The van der Waals surface area contributed by atoms with E-state index in [2.05, 4.69) is 45.0 Å². The van der Waals surface area contributed by atoms with Gasteiger partial charge in [0.25, 0.3) is 0 Å². The van der Waals surface area contributed by atoms with E-state index < -0.39 is 0 Å². The molecule has 0 N–H and O–H groups in total. The molecule has 3 fully saturated rings. The van der Waals surface area contributed by atoms with E-state index in [0.29, 0.717) is 17.9 Å². The van der Waals surface area contributed by atoms with Crippen LogP contribution in [0.3, 0.4) is 0 Å². The van der Waals surface area contributed by atoms with Crippen LogP contribution in [-0.2, 0) is 11.3 Å². The summed E-state index contributed by atoms with van der Waals surface area (Å²) < 4.78 is 0. The Hall–Kier alpha value is -1.39. The molecule has 1 saturated carbocycles. The molecule has 1 atom stereocenters. The highest BCUT2D eigenvalue weighted by atomic mass is 16.2. The summed E-state index contributed by atoms with van der Waals surface area (Å²) in [6, 6.07) is 11.4. The third-order valence-electron chi connectivity index (χ3n) is 5.57. The summed E-state index contributed by atoms with van der Waals surface area (Å²) in [6.07, 6.45) is 3.51. The van der Waals surface area contributed by atoms with Crippen molar-refractivity contribution in [1.82, 2.24) is 14.7 Å². The van der Waals surface area contributed by atoms with Crippen LogP contribution in [-0.4, -0.2) is 65.9 Å². The minimum atomic E-state index is 0.370. The number of carbonyl (C=O) groups excluding carboxylic acids is 1. The van der Waals surface area contributed by atoms with E-state index >= 15 is 0 Å². The van der Waals surface area contributed by atoms with Crippen LogP contribution in [0.2, 0.25) is 0 Å². The van der Waals surface area contributed by atoms with Crippen molar-refractivity contribution in [1.29, 1.82) is 0 Å². The van der Waals surface area contributed by atoms with Crippen molar-refractivity contribution >= 4 is 5.91 Å². The summed E-state index contributed by atoms with van der Waals surface area (Å²) in [7, 11) is 0. The molecule has 3 aliphatic rings. The van der Waals surface area contributed by atoms with Gasteiger partial charge in [0.15, 0.2) is 0 Å². The van der Waals surface area contributed by atoms with Crippen molar-refractivity contribution in [3.63, 3.8) is 0 Å². The molecule has 2 saturated heterocycles. The quantitative estimate of drug-likeness (QED) is 0.848. The average Bonchev–Trinajstić information content (AvgIpc) is 3.35. The topological polar surface area (TPSA) is 26.8 Å². The Bertz CT molecular complexity index is 535. The number of carbonyl (C=O) groups is 1. The lowest BCUT2D eigenvalue weighted by atomic mass is 10.2. The molecule has 2 heterocycles. The van der Waals surface area contributed by atoms with Crippen molar-refractivity contribution in [2.24, 2.45) is 5.92 Å². The highest BCUT2D eigenvalue weighted by molar-refractivity contribution is 5.81. The zero-order valence-electron chi connectivity index (χ0n) is 13.9. The predicted octanol–water partition coefficient (Wildman–Crippen LogP) is 1.82. The molecule has 0 spiro atoms. The van der Waals surface area contributed by atoms with Crippen molar-refractivity contribution < 1.29 is 4.79 Å². The molecule has 0 unspecified atom stereocenters. The highest BCUT2D eigenvalue weighted by Gasteiger charge is 2.36. The summed E-state index contributed by atoms with van der Waals surface area (Å²) in [5, 5.41) is 0. The molecule has 1 amide bonds. The minimum Gasteiger partial charge on any atom is -0.340 e. The average molecular weight is 313 g/mol. The third-order valence-corrected chi connectivity index (χ3v) is 5.57. The molecule has 4 rings (SSSR count). The Morgan fingerprint density at radius 3 is 2.39 bits per heavy atom. The fourth-order valence-corrected chi connectivity index (χ4v) is 3.99. The largest absolute Gasteiger partial charge is 0.340 e. The van der Waals surface area contributed by atoms with Crippen LogP contribution < -0.4 is 0 Å². The monoisotopic (exact) mass is 313 g/mol. The second-order valence-corrected chi connectivity index (χ2v) is 7.30. The number of likely N-dealkylation sites (tertiary alicyclic amines) is 1. The zero-order chi connectivity index (χ0) is 15.6. The lowest BCUT2D eigenvalue weighted by molar-refractivity contribution is -0.134. The molecule has 4 nitrogen and oxygen atoms in total. The number of nitrogens with zero attached hydrogens (tertiary/aromatic N) is 3. The van der Waals surface area contributed by atoms with E-state index in [9.17, 15) is 4.79 Å². The number of benzene rings is 1. The first-order chi connectivity index (χ1) is 11.3. The highest BCUT2D eigenvalue weighted by Crippen LogP contribution is 2.31. The maximum Gasteiger partial charge on any atom is 0.225 e. The van der Waals surface area contributed by atoms with E-state index in [1.54, 1.807) is 0 Å². The maximum absolute atomic E-state index is 12.1. The van der Waals surface area contributed by atoms with Crippen molar-refractivity contribution in [3.8, 4) is 0 Å². The van der Waals surface area contributed by atoms with Gasteiger partial charge in [0.1, 0.15) is 0 Å².